The Morgan fingerprint density at radius 2 is 0.318 bits per heavy atom. The van der Waals surface area contributed by atoms with Crippen LogP contribution in [-0.4, -0.2) is 17.2 Å². The van der Waals surface area contributed by atoms with Crippen LogP contribution in [0.4, 0.5) is 0 Å². The molecule has 0 amide bonds. The third kappa shape index (κ3) is 141. The molecule has 0 aromatic heterocycles. The van der Waals surface area contributed by atoms with Crippen LogP contribution in [0.1, 0.15) is 0 Å². The highest BCUT2D eigenvalue weighted by atomic mass is 35.6. The highest BCUT2D eigenvalue weighted by Crippen LogP contribution is 2.04. The van der Waals surface area contributed by atoms with E-state index in [0.29, 0.717) is 0 Å². The first-order valence-electron chi connectivity index (χ1n) is 4.62. The molecule has 0 aliphatic rings. The van der Waals surface area contributed by atoms with Gasteiger partial charge in [-0.3, -0.25) is 0 Å². The molecule has 0 heterocycles. The van der Waals surface area contributed by atoms with Gasteiger partial charge in [0.15, 0.2) is 17.2 Å². The van der Waals surface area contributed by atoms with Gasteiger partial charge in [-0.1, -0.05) is 176 Å². The molecule has 0 N–H and O–H groups in total. The normalized spacial score (nSPS) is 8.73. The fourth-order valence-corrected chi connectivity index (χ4v) is 0.385. The van der Waals surface area contributed by atoms with Crippen LogP contribution in [0.2, 0.25) is 0 Å². The third-order valence-corrected chi connectivity index (χ3v) is 0.667. The Kier molecular flexibility index (Phi) is 41.9. The zero-order valence-corrected chi connectivity index (χ0v) is 19.4. The summed E-state index contributed by atoms with van der Waals surface area (Å²) >= 11 is 57.7. The SMILES string of the molecule is ClC(Cl)Cl.ClC(Cl)Cl.ClC(Cl)Cl.ClC(Cl)Cl.c1ccccc1. The second kappa shape index (κ2) is 28.5. The predicted octanol–water partition coefficient (Wildman–Crippen LogP) is 9.63. The van der Waals surface area contributed by atoms with E-state index in [2.05, 4.69) is 0 Å². The molecule has 0 unspecified atom stereocenters. The lowest BCUT2D eigenvalue weighted by atomic mass is 10.4. The summed E-state index contributed by atoms with van der Waals surface area (Å²) < 4.78 is -3.00. The van der Waals surface area contributed by atoms with Gasteiger partial charge in [0.05, 0.1) is 0 Å². The van der Waals surface area contributed by atoms with Gasteiger partial charge in [-0.15, -0.1) is 0 Å². The van der Waals surface area contributed by atoms with Crippen molar-refractivity contribution in [3.05, 3.63) is 36.4 Å². The first-order chi connectivity index (χ1) is 9.93. The number of benzene rings is 1. The molecular formula is C10H10Cl12. The molecule has 1 aromatic carbocycles. The molecule has 0 bridgehead atoms. The molecule has 0 spiro atoms. The number of alkyl halides is 12. The van der Waals surface area contributed by atoms with Crippen molar-refractivity contribution in [2.75, 3.05) is 0 Å². The molecular weight excluding hydrogens is 546 g/mol. The van der Waals surface area contributed by atoms with E-state index < -0.39 is 17.2 Å². The molecule has 12 heteroatoms. The van der Waals surface area contributed by atoms with E-state index in [9.17, 15) is 0 Å². The zero-order valence-electron chi connectivity index (χ0n) is 10.3. The summed E-state index contributed by atoms with van der Waals surface area (Å²) in [5.41, 5.74) is 0. The number of rotatable bonds is 0. The maximum atomic E-state index is 4.81. The average Bonchev–Trinajstić information content (AvgIpc) is 2.28. The molecule has 1 aromatic rings. The molecule has 0 aliphatic heterocycles. The maximum absolute atomic E-state index is 4.81. The second-order valence-electron chi connectivity index (χ2n) is 2.14. The summed E-state index contributed by atoms with van der Waals surface area (Å²) in [4.78, 5) is 0. The van der Waals surface area contributed by atoms with Crippen molar-refractivity contribution in [2.24, 2.45) is 0 Å². The van der Waals surface area contributed by atoms with Crippen LogP contribution in [0, 0.1) is 0 Å². The van der Waals surface area contributed by atoms with Gasteiger partial charge < -0.3 is 0 Å². The van der Waals surface area contributed by atoms with Gasteiger partial charge in [-0.25, -0.2) is 0 Å². The van der Waals surface area contributed by atoms with Crippen LogP contribution in [0.25, 0.3) is 0 Å². The maximum Gasteiger partial charge on any atom is 0.180 e. The summed E-state index contributed by atoms with van der Waals surface area (Å²) in [6, 6.07) is 12.0. The summed E-state index contributed by atoms with van der Waals surface area (Å²) in [6.07, 6.45) is 0. The Morgan fingerprint density at radius 1 is 0.273 bits per heavy atom. The Balaban J connectivity index is -0.0000000937. The van der Waals surface area contributed by atoms with Crippen molar-refractivity contribution in [2.45, 2.75) is 17.2 Å². The summed E-state index contributed by atoms with van der Waals surface area (Å²) in [7, 11) is 0. The van der Waals surface area contributed by atoms with Gasteiger partial charge in [0, 0.05) is 0 Å². The summed E-state index contributed by atoms with van der Waals surface area (Å²) in [5, 5.41) is 0. The number of hydrogen-bond acceptors (Lipinski definition) is 0. The van der Waals surface area contributed by atoms with Crippen molar-refractivity contribution in [3.63, 3.8) is 0 Å². The minimum atomic E-state index is -0.750. The third-order valence-electron chi connectivity index (χ3n) is 0.667. The average molecular weight is 556 g/mol. The highest BCUT2D eigenvalue weighted by Gasteiger charge is 1.80. The smallest absolute Gasteiger partial charge is 0.0874 e. The Hall–Kier alpha value is 2.70. The van der Waals surface area contributed by atoms with Crippen molar-refractivity contribution in [1.82, 2.24) is 0 Å². The van der Waals surface area contributed by atoms with E-state index >= 15 is 0 Å². The lowest BCUT2D eigenvalue weighted by Crippen LogP contribution is -1.55. The van der Waals surface area contributed by atoms with Crippen molar-refractivity contribution >= 4 is 139 Å². The van der Waals surface area contributed by atoms with E-state index in [1.54, 1.807) is 0 Å². The number of hydrogen-bond donors (Lipinski definition) is 0. The Morgan fingerprint density at radius 3 is 0.364 bits per heavy atom. The van der Waals surface area contributed by atoms with Crippen LogP contribution < -0.4 is 0 Å². The topological polar surface area (TPSA) is 0 Å². The van der Waals surface area contributed by atoms with Crippen molar-refractivity contribution in [3.8, 4) is 0 Å². The van der Waals surface area contributed by atoms with Crippen LogP contribution >= 0.6 is 139 Å². The Labute approximate surface area is 191 Å². The molecule has 0 saturated heterocycles. The largest absolute Gasteiger partial charge is 0.180 e. The lowest BCUT2D eigenvalue weighted by Gasteiger charge is -1.69. The van der Waals surface area contributed by atoms with Gasteiger partial charge in [0.2, 0.25) is 0 Å². The first kappa shape index (κ1) is 32.4. The van der Waals surface area contributed by atoms with Crippen molar-refractivity contribution < 1.29 is 0 Å². The quantitative estimate of drug-likeness (QED) is 0.280. The van der Waals surface area contributed by atoms with Crippen LogP contribution in [0.15, 0.2) is 36.4 Å². The minimum absolute atomic E-state index is 0.750. The van der Waals surface area contributed by atoms with E-state index in [-0.39, 0.29) is 0 Å². The van der Waals surface area contributed by atoms with E-state index in [4.69, 9.17) is 139 Å². The fourth-order valence-electron chi connectivity index (χ4n) is 0.385. The second-order valence-corrected chi connectivity index (χ2v) is 10.1. The molecule has 0 atom stereocenters. The van der Waals surface area contributed by atoms with E-state index in [1.165, 1.54) is 0 Å². The standard InChI is InChI=1S/C6H6.4CHCl3/c1-2-4-6-5-3-1;4*2-1(3)4/h1-6H;4*1H. The molecule has 0 saturated carbocycles. The zero-order chi connectivity index (χ0) is 18.6. The van der Waals surface area contributed by atoms with Crippen LogP contribution in [0.5, 0.6) is 0 Å². The van der Waals surface area contributed by atoms with Gasteiger partial charge in [0.1, 0.15) is 0 Å². The van der Waals surface area contributed by atoms with Gasteiger partial charge in [-0.05, 0) is 0 Å². The molecule has 134 valence electrons. The van der Waals surface area contributed by atoms with Gasteiger partial charge in [-0.2, -0.15) is 0 Å². The molecule has 22 heavy (non-hydrogen) atoms. The molecule has 0 nitrogen and oxygen atoms in total. The van der Waals surface area contributed by atoms with Gasteiger partial charge >= 0.3 is 0 Å². The Bertz CT molecular complexity index is 192. The predicted molar refractivity (Wildman–Crippen MR) is 112 cm³/mol. The molecule has 0 aliphatic carbocycles. The lowest BCUT2D eigenvalue weighted by molar-refractivity contribution is 1.72. The van der Waals surface area contributed by atoms with Crippen LogP contribution in [-0.2, 0) is 0 Å². The molecule has 0 fully saturated rings. The minimum Gasteiger partial charge on any atom is -0.0874 e. The highest BCUT2D eigenvalue weighted by molar-refractivity contribution is 6.64. The van der Waals surface area contributed by atoms with Gasteiger partial charge in [0.25, 0.3) is 0 Å². The fraction of sp³-hybridized carbons (Fsp3) is 0.400. The van der Waals surface area contributed by atoms with Crippen molar-refractivity contribution in [1.29, 1.82) is 0 Å². The van der Waals surface area contributed by atoms with Crippen LogP contribution in [0.3, 0.4) is 0 Å². The number of halogens is 12. The monoisotopic (exact) mass is 550 g/mol. The summed E-state index contributed by atoms with van der Waals surface area (Å²) in [6.45, 7) is 0. The molecule has 0 radical (unpaired) electrons. The summed E-state index contributed by atoms with van der Waals surface area (Å²) in [5.74, 6) is 0. The van der Waals surface area contributed by atoms with E-state index in [0.717, 1.165) is 0 Å². The van der Waals surface area contributed by atoms with E-state index in [1.807, 2.05) is 36.4 Å². The molecule has 1 rings (SSSR count). The first-order valence-corrected chi connectivity index (χ1v) is 9.86.